The molecule has 0 aliphatic heterocycles. The van der Waals surface area contributed by atoms with Gasteiger partial charge in [0.15, 0.2) is 0 Å². The highest BCUT2D eigenvalue weighted by Gasteiger charge is 2.02. The van der Waals surface area contributed by atoms with Gasteiger partial charge in [0.2, 0.25) is 5.91 Å². The number of likely N-dealkylation sites (N-methyl/N-ethyl adjacent to an activating group) is 1. The molecule has 0 N–H and O–H groups in total. The average molecular weight is 215 g/mol. The summed E-state index contributed by atoms with van der Waals surface area (Å²) in [6.45, 7) is 6.38. The number of rotatable bonds is 7. The SMILES string of the molecule is C=CC(=O)N(C)CCCCCC(C)S. The van der Waals surface area contributed by atoms with E-state index >= 15 is 0 Å². The van der Waals surface area contributed by atoms with Crippen molar-refractivity contribution < 1.29 is 4.79 Å². The molecule has 0 fully saturated rings. The predicted octanol–water partition coefficient (Wildman–Crippen LogP) is 2.51. The molecule has 0 saturated heterocycles. The monoisotopic (exact) mass is 215 g/mol. The normalized spacial score (nSPS) is 12.2. The second-order valence-electron chi connectivity index (χ2n) is 3.66. The van der Waals surface area contributed by atoms with Crippen molar-refractivity contribution in [2.75, 3.05) is 13.6 Å². The van der Waals surface area contributed by atoms with E-state index in [1.54, 1.807) is 4.90 Å². The zero-order valence-electron chi connectivity index (χ0n) is 9.20. The van der Waals surface area contributed by atoms with Crippen LogP contribution in [0.5, 0.6) is 0 Å². The molecule has 1 unspecified atom stereocenters. The molecule has 0 rings (SSSR count). The number of hydrogen-bond acceptors (Lipinski definition) is 2. The molecular formula is C11H21NOS. The maximum Gasteiger partial charge on any atom is 0.245 e. The first-order valence-electron chi connectivity index (χ1n) is 5.13. The van der Waals surface area contributed by atoms with Crippen LogP contribution in [0, 0.1) is 0 Å². The lowest BCUT2D eigenvalue weighted by atomic mass is 10.1. The molecule has 0 bridgehead atoms. The van der Waals surface area contributed by atoms with Gasteiger partial charge < -0.3 is 4.90 Å². The summed E-state index contributed by atoms with van der Waals surface area (Å²) >= 11 is 4.31. The van der Waals surface area contributed by atoms with Gasteiger partial charge in [-0.2, -0.15) is 12.6 Å². The summed E-state index contributed by atoms with van der Waals surface area (Å²) in [7, 11) is 1.81. The fourth-order valence-electron chi connectivity index (χ4n) is 1.23. The van der Waals surface area contributed by atoms with Crippen molar-refractivity contribution in [2.45, 2.75) is 37.9 Å². The molecule has 0 aliphatic rings. The van der Waals surface area contributed by atoms with Crippen molar-refractivity contribution in [2.24, 2.45) is 0 Å². The largest absolute Gasteiger partial charge is 0.342 e. The number of thiol groups is 1. The van der Waals surface area contributed by atoms with E-state index in [1.165, 1.54) is 18.9 Å². The minimum atomic E-state index is 0.00700. The van der Waals surface area contributed by atoms with Gasteiger partial charge in [-0.15, -0.1) is 0 Å². The first kappa shape index (κ1) is 13.6. The Kier molecular flexibility index (Phi) is 7.67. The van der Waals surface area contributed by atoms with Crippen molar-refractivity contribution in [1.82, 2.24) is 4.90 Å². The van der Waals surface area contributed by atoms with E-state index < -0.39 is 0 Å². The fraction of sp³-hybridized carbons (Fsp3) is 0.727. The van der Waals surface area contributed by atoms with Crippen molar-refractivity contribution in [3.63, 3.8) is 0 Å². The molecule has 1 atom stereocenters. The molecule has 2 nitrogen and oxygen atoms in total. The maximum absolute atomic E-state index is 11.1. The Balaban J connectivity index is 3.36. The minimum Gasteiger partial charge on any atom is -0.342 e. The molecule has 82 valence electrons. The summed E-state index contributed by atoms with van der Waals surface area (Å²) in [6.07, 6.45) is 5.94. The molecular weight excluding hydrogens is 194 g/mol. The third-order valence-electron chi connectivity index (χ3n) is 2.17. The summed E-state index contributed by atoms with van der Waals surface area (Å²) < 4.78 is 0. The topological polar surface area (TPSA) is 20.3 Å². The highest BCUT2D eigenvalue weighted by molar-refractivity contribution is 7.80. The van der Waals surface area contributed by atoms with Gasteiger partial charge >= 0.3 is 0 Å². The Morgan fingerprint density at radius 2 is 2.14 bits per heavy atom. The van der Waals surface area contributed by atoms with Gasteiger partial charge in [-0.1, -0.05) is 26.3 Å². The lowest BCUT2D eigenvalue weighted by molar-refractivity contribution is -0.124. The molecule has 0 spiro atoms. The van der Waals surface area contributed by atoms with E-state index in [2.05, 4.69) is 26.1 Å². The van der Waals surface area contributed by atoms with Gasteiger partial charge in [-0.3, -0.25) is 4.79 Å². The van der Waals surface area contributed by atoms with Gasteiger partial charge in [0.25, 0.3) is 0 Å². The van der Waals surface area contributed by atoms with Gasteiger partial charge in [0.05, 0.1) is 0 Å². The Morgan fingerprint density at radius 3 is 2.64 bits per heavy atom. The minimum absolute atomic E-state index is 0.00700. The molecule has 0 aliphatic carbocycles. The van der Waals surface area contributed by atoms with Crippen LogP contribution in [0.25, 0.3) is 0 Å². The van der Waals surface area contributed by atoms with Gasteiger partial charge in [0, 0.05) is 13.6 Å². The van der Waals surface area contributed by atoms with Gasteiger partial charge in [-0.25, -0.2) is 0 Å². The van der Waals surface area contributed by atoms with Crippen LogP contribution in [0.4, 0.5) is 0 Å². The van der Waals surface area contributed by atoms with E-state index in [1.807, 2.05) is 7.05 Å². The smallest absolute Gasteiger partial charge is 0.245 e. The van der Waals surface area contributed by atoms with Crippen molar-refractivity contribution >= 4 is 18.5 Å². The van der Waals surface area contributed by atoms with Gasteiger partial charge in [0.1, 0.15) is 0 Å². The second kappa shape index (κ2) is 7.92. The summed E-state index contributed by atoms with van der Waals surface area (Å²) in [5.74, 6) is 0.00700. The Labute approximate surface area is 92.8 Å². The van der Waals surface area contributed by atoms with Crippen LogP contribution in [0.3, 0.4) is 0 Å². The number of carbonyl (C=O) groups excluding carboxylic acids is 1. The zero-order valence-corrected chi connectivity index (χ0v) is 10.1. The molecule has 0 aromatic carbocycles. The first-order chi connectivity index (χ1) is 6.57. The third kappa shape index (κ3) is 7.01. The average Bonchev–Trinajstić information content (AvgIpc) is 2.15. The van der Waals surface area contributed by atoms with Gasteiger partial charge in [-0.05, 0) is 24.2 Å². The fourth-order valence-corrected chi connectivity index (χ4v) is 1.41. The van der Waals surface area contributed by atoms with E-state index in [-0.39, 0.29) is 5.91 Å². The van der Waals surface area contributed by atoms with Crippen LogP contribution in [-0.2, 0) is 4.79 Å². The summed E-state index contributed by atoms with van der Waals surface area (Å²) in [5.41, 5.74) is 0. The first-order valence-corrected chi connectivity index (χ1v) is 5.65. The summed E-state index contributed by atoms with van der Waals surface area (Å²) in [4.78, 5) is 12.8. The number of hydrogen-bond donors (Lipinski definition) is 1. The molecule has 0 radical (unpaired) electrons. The molecule has 0 saturated carbocycles. The van der Waals surface area contributed by atoms with Crippen LogP contribution in [0.15, 0.2) is 12.7 Å². The molecule has 0 aromatic rings. The Morgan fingerprint density at radius 1 is 1.50 bits per heavy atom. The van der Waals surface area contributed by atoms with Crippen molar-refractivity contribution in [1.29, 1.82) is 0 Å². The van der Waals surface area contributed by atoms with Crippen LogP contribution in [0.1, 0.15) is 32.6 Å². The molecule has 0 aromatic heterocycles. The highest BCUT2D eigenvalue weighted by Crippen LogP contribution is 2.07. The highest BCUT2D eigenvalue weighted by atomic mass is 32.1. The number of nitrogens with zero attached hydrogens (tertiary/aromatic N) is 1. The second-order valence-corrected chi connectivity index (χ2v) is 4.54. The Hall–Kier alpha value is -0.440. The summed E-state index contributed by atoms with van der Waals surface area (Å²) in [6, 6.07) is 0. The molecule has 14 heavy (non-hydrogen) atoms. The predicted molar refractivity (Wildman–Crippen MR) is 64.8 cm³/mol. The van der Waals surface area contributed by atoms with Crippen molar-refractivity contribution in [3.8, 4) is 0 Å². The standard InChI is InChI=1S/C11H21NOS/c1-4-11(13)12(3)9-7-5-6-8-10(2)14/h4,10,14H,1,5-9H2,2-3H3. The lowest BCUT2D eigenvalue weighted by Gasteiger charge is -2.14. The lowest BCUT2D eigenvalue weighted by Crippen LogP contribution is -2.25. The quantitative estimate of drug-likeness (QED) is 0.393. The van der Waals surface area contributed by atoms with E-state index in [4.69, 9.17) is 0 Å². The van der Waals surface area contributed by atoms with Crippen LogP contribution < -0.4 is 0 Å². The van der Waals surface area contributed by atoms with Crippen LogP contribution in [0.2, 0.25) is 0 Å². The zero-order chi connectivity index (χ0) is 11.0. The van der Waals surface area contributed by atoms with Crippen molar-refractivity contribution in [3.05, 3.63) is 12.7 Å². The van der Waals surface area contributed by atoms with E-state index in [0.29, 0.717) is 5.25 Å². The molecule has 1 amide bonds. The Bertz CT molecular complexity index is 180. The van der Waals surface area contributed by atoms with E-state index in [9.17, 15) is 4.79 Å². The number of unbranched alkanes of at least 4 members (excludes halogenated alkanes) is 2. The number of amides is 1. The van der Waals surface area contributed by atoms with Crippen LogP contribution >= 0.6 is 12.6 Å². The van der Waals surface area contributed by atoms with E-state index in [0.717, 1.165) is 19.4 Å². The summed E-state index contributed by atoms with van der Waals surface area (Å²) in [5, 5.41) is 0.488. The molecule has 0 heterocycles. The molecule has 3 heteroatoms. The maximum atomic E-state index is 11.1. The number of carbonyl (C=O) groups is 1. The third-order valence-corrected chi connectivity index (χ3v) is 2.42. The van der Waals surface area contributed by atoms with Crippen LogP contribution in [-0.4, -0.2) is 29.6 Å².